The van der Waals surface area contributed by atoms with Gasteiger partial charge in [-0.1, -0.05) is 0 Å². The Morgan fingerprint density at radius 2 is 2.44 bits per heavy atom. The summed E-state index contributed by atoms with van der Waals surface area (Å²) in [7, 11) is 0. The van der Waals surface area contributed by atoms with Crippen LogP contribution in [0.5, 0.6) is 0 Å². The summed E-state index contributed by atoms with van der Waals surface area (Å²) in [4.78, 5) is 17.3. The maximum Gasteiger partial charge on any atom is 0.417 e. The smallest absolute Gasteiger partial charge is 0.408 e. The number of H-pyrrole nitrogens is 1. The Kier molecular flexibility index (Phi) is 2.31. The first-order chi connectivity index (χ1) is 7.69. The van der Waals surface area contributed by atoms with E-state index in [0.29, 0.717) is 16.8 Å². The Balaban J connectivity index is 2.43. The molecule has 0 radical (unpaired) electrons. The van der Waals surface area contributed by atoms with E-state index in [1.807, 2.05) is 0 Å². The Morgan fingerprint density at radius 1 is 1.62 bits per heavy atom. The maximum atomic E-state index is 10.9. The van der Waals surface area contributed by atoms with Gasteiger partial charge in [0.2, 0.25) is 5.96 Å². The first-order valence-corrected chi connectivity index (χ1v) is 4.31. The van der Waals surface area contributed by atoms with Crippen LogP contribution in [-0.2, 0) is 0 Å². The van der Waals surface area contributed by atoms with E-state index in [0.717, 1.165) is 0 Å². The van der Waals surface area contributed by atoms with Crippen molar-refractivity contribution in [2.45, 2.75) is 0 Å². The van der Waals surface area contributed by atoms with E-state index < -0.39 is 5.76 Å². The van der Waals surface area contributed by atoms with Gasteiger partial charge in [-0.15, -0.1) is 0 Å². The van der Waals surface area contributed by atoms with E-state index in [1.165, 1.54) is 0 Å². The van der Waals surface area contributed by atoms with Crippen LogP contribution in [0.2, 0.25) is 0 Å². The highest BCUT2D eigenvalue weighted by molar-refractivity contribution is 5.84. The number of nitrogens with two attached hydrogens (primary N) is 1. The lowest BCUT2D eigenvalue weighted by atomic mass is 10.3. The number of fused-ring (bicyclic) bond motifs is 1. The Bertz CT molecular complexity index is 646. The van der Waals surface area contributed by atoms with Crippen molar-refractivity contribution >= 4 is 22.7 Å². The fourth-order valence-electron chi connectivity index (χ4n) is 1.23. The van der Waals surface area contributed by atoms with Gasteiger partial charge in [-0.25, -0.2) is 9.79 Å². The van der Waals surface area contributed by atoms with Crippen molar-refractivity contribution < 1.29 is 4.42 Å². The number of nitriles is 1. The molecule has 0 saturated heterocycles. The van der Waals surface area contributed by atoms with Crippen LogP contribution in [0.4, 0.5) is 5.69 Å². The monoisotopic (exact) mass is 217 g/mol. The second-order valence-corrected chi connectivity index (χ2v) is 2.93. The SMILES string of the molecule is N#CNC(N)=Nc1ccc2oc(=O)[nH]c2c1. The minimum Gasteiger partial charge on any atom is -0.408 e. The number of hydrogen-bond donors (Lipinski definition) is 3. The molecule has 0 fully saturated rings. The van der Waals surface area contributed by atoms with Crippen molar-refractivity contribution in [2.75, 3.05) is 0 Å². The summed E-state index contributed by atoms with van der Waals surface area (Å²) in [5.74, 6) is -0.549. The summed E-state index contributed by atoms with van der Waals surface area (Å²) in [6.07, 6.45) is 1.65. The molecule has 0 atom stereocenters. The van der Waals surface area contributed by atoms with Crippen molar-refractivity contribution in [1.29, 1.82) is 5.26 Å². The summed E-state index contributed by atoms with van der Waals surface area (Å²) in [6.45, 7) is 0. The fourth-order valence-corrected chi connectivity index (χ4v) is 1.23. The molecule has 0 amide bonds. The number of oxazole rings is 1. The lowest BCUT2D eigenvalue weighted by Gasteiger charge is -1.96. The topological polar surface area (TPSA) is 120 Å². The van der Waals surface area contributed by atoms with E-state index in [2.05, 4.69) is 15.3 Å². The molecule has 0 unspecified atom stereocenters. The lowest BCUT2D eigenvalue weighted by Crippen LogP contribution is -2.26. The van der Waals surface area contributed by atoms with Gasteiger partial charge in [0, 0.05) is 0 Å². The molecule has 7 heteroatoms. The minimum absolute atomic E-state index is 0.0207. The number of aliphatic imine (C=N–C) groups is 1. The van der Waals surface area contributed by atoms with E-state index in [9.17, 15) is 4.79 Å². The number of aromatic nitrogens is 1. The molecule has 2 rings (SSSR count). The first-order valence-electron chi connectivity index (χ1n) is 4.31. The molecular formula is C9H7N5O2. The summed E-state index contributed by atoms with van der Waals surface area (Å²) in [5.41, 5.74) is 6.86. The molecule has 1 aromatic carbocycles. The quantitative estimate of drug-likeness (QED) is 0.271. The van der Waals surface area contributed by atoms with Crippen LogP contribution in [0.3, 0.4) is 0 Å². The number of hydrogen-bond acceptors (Lipinski definition) is 4. The van der Waals surface area contributed by atoms with Gasteiger partial charge in [-0.05, 0) is 18.2 Å². The standard InChI is InChI=1S/C9H7N5O2/c10-4-12-8(11)13-5-1-2-7-6(3-5)14-9(15)16-7/h1-3H,(H,14,15)(H3,11,12,13). The number of nitrogens with one attached hydrogen (secondary N) is 2. The lowest BCUT2D eigenvalue weighted by molar-refractivity contribution is 0.555. The molecule has 1 aromatic heterocycles. The summed E-state index contributed by atoms with van der Waals surface area (Å²) >= 11 is 0. The maximum absolute atomic E-state index is 10.9. The van der Waals surface area contributed by atoms with E-state index in [4.69, 9.17) is 15.4 Å². The van der Waals surface area contributed by atoms with Crippen molar-refractivity contribution in [3.8, 4) is 6.19 Å². The molecule has 0 aliphatic rings. The third-order valence-corrected chi connectivity index (χ3v) is 1.84. The predicted octanol–water partition coefficient (Wildman–Crippen LogP) is 0.138. The molecule has 0 aliphatic heterocycles. The zero-order chi connectivity index (χ0) is 11.5. The van der Waals surface area contributed by atoms with Crippen molar-refractivity contribution in [2.24, 2.45) is 10.7 Å². The van der Waals surface area contributed by atoms with Gasteiger partial charge in [0.05, 0.1) is 11.2 Å². The van der Waals surface area contributed by atoms with Crippen LogP contribution < -0.4 is 16.8 Å². The predicted molar refractivity (Wildman–Crippen MR) is 56.9 cm³/mol. The van der Waals surface area contributed by atoms with Crippen LogP contribution in [0, 0.1) is 11.5 Å². The number of rotatable bonds is 1. The Morgan fingerprint density at radius 3 is 3.19 bits per heavy atom. The molecule has 4 N–H and O–H groups in total. The van der Waals surface area contributed by atoms with Gasteiger partial charge < -0.3 is 10.2 Å². The zero-order valence-electron chi connectivity index (χ0n) is 8.02. The minimum atomic E-state index is -0.528. The number of benzene rings is 1. The normalized spacial score (nSPS) is 11.3. The highest BCUT2D eigenvalue weighted by atomic mass is 16.4. The average molecular weight is 217 g/mol. The van der Waals surface area contributed by atoms with Crippen molar-refractivity contribution in [1.82, 2.24) is 10.3 Å². The van der Waals surface area contributed by atoms with E-state index >= 15 is 0 Å². The van der Waals surface area contributed by atoms with Gasteiger partial charge in [0.1, 0.15) is 0 Å². The van der Waals surface area contributed by atoms with Crippen LogP contribution in [-0.4, -0.2) is 10.9 Å². The van der Waals surface area contributed by atoms with Crippen molar-refractivity contribution in [3.63, 3.8) is 0 Å². The van der Waals surface area contributed by atoms with Gasteiger partial charge in [-0.3, -0.25) is 10.3 Å². The Labute approximate surface area is 89.2 Å². The van der Waals surface area contributed by atoms with Crippen LogP contribution in [0.25, 0.3) is 11.1 Å². The van der Waals surface area contributed by atoms with Crippen LogP contribution >= 0.6 is 0 Å². The Hall–Kier alpha value is -2.75. The molecule has 1 heterocycles. The second kappa shape index (κ2) is 3.78. The summed E-state index contributed by atoms with van der Waals surface area (Å²) in [5, 5.41) is 10.5. The molecular weight excluding hydrogens is 210 g/mol. The fraction of sp³-hybridized carbons (Fsp3) is 0. The van der Waals surface area contributed by atoms with Gasteiger partial charge in [0.25, 0.3) is 0 Å². The molecule has 0 bridgehead atoms. The molecule has 80 valence electrons. The first kappa shape index (κ1) is 9.79. The highest BCUT2D eigenvalue weighted by Crippen LogP contribution is 2.18. The molecule has 16 heavy (non-hydrogen) atoms. The number of aromatic amines is 1. The largest absolute Gasteiger partial charge is 0.417 e. The zero-order valence-corrected chi connectivity index (χ0v) is 8.02. The van der Waals surface area contributed by atoms with Crippen molar-refractivity contribution in [3.05, 3.63) is 28.7 Å². The van der Waals surface area contributed by atoms with Crippen LogP contribution in [0.1, 0.15) is 0 Å². The number of nitrogens with zero attached hydrogens (tertiary/aromatic N) is 2. The second-order valence-electron chi connectivity index (χ2n) is 2.93. The molecule has 2 aromatic rings. The average Bonchev–Trinajstić information content (AvgIpc) is 2.57. The highest BCUT2D eigenvalue weighted by Gasteiger charge is 2.01. The summed E-state index contributed by atoms with van der Waals surface area (Å²) < 4.78 is 4.82. The van der Waals surface area contributed by atoms with E-state index in [1.54, 1.807) is 24.4 Å². The van der Waals surface area contributed by atoms with Gasteiger partial charge in [-0.2, -0.15) is 5.26 Å². The number of guanidine groups is 1. The van der Waals surface area contributed by atoms with Gasteiger partial charge in [0.15, 0.2) is 11.8 Å². The summed E-state index contributed by atoms with van der Waals surface area (Å²) in [6, 6.07) is 4.79. The molecule has 0 aliphatic carbocycles. The molecule has 0 saturated carbocycles. The molecule has 7 nitrogen and oxygen atoms in total. The van der Waals surface area contributed by atoms with Crippen LogP contribution in [0.15, 0.2) is 32.4 Å². The third kappa shape index (κ3) is 1.85. The van der Waals surface area contributed by atoms with Gasteiger partial charge >= 0.3 is 5.76 Å². The van der Waals surface area contributed by atoms with E-state index in [-0.39, 0.29) is 5.96 Å². The third-order valence-electron chi connectivity index (χ3n) is 1.84. The molecule has 0 spiro atoms.